The predicted molar refractivity (Wildman–Crippen MR) is 91.5 cm³/mol. The van der Waals surface area contributed by atoms with Crippen LogP contribution in [0.15, 0.2) is 30.9 Å². The van der Waals surface area contributed by atoms with Crippen molar-refractivity contribution in [3.05, 3.63) is 36.4 Å². The van der Waals surface area contributed by atoms with Crippen LogP contribution in [0.25, 0.3) is 0 Å². The molecule has 2 fully saturated rings. The smallest absolute Gasteiger partial charge is 0.249 e. The van der Waals surface area contributed by atoms with E-state index in [2.05, 4.69) is 15.5 Å². The van der Waals surface area contributed by atoms with Gasteiger partial charge >= 0.3 is 0 Å². The average molecular weight is 343 g/mol. The Morgan fingerprint density at radius 1 is 1.24 bits per heavy atom. The minimum Gasteiger partial charge on any atom is -0.368 e. The monoisotopic (exact) mass is 343 g/mol. The number of nitrogens with one attached hydrogen (secondary N) is 1. The highest BCUT2D eigenvalue weighted by Crippen LogP contribution is 2.27. The SMILES string of the molecule is O=C(NCc1cnn(CC2CCC2)c1)[C@H]1OCC[C@H]1Cn1cccn1. The summed E-state index contributed by atoms with van der Waals surface area (Å²) in [6, 6.07) is 1.89. The lowest BCUT2D eigenvalue weighted by Crippen LogP contribution is -2.38. The van der Waals surface area contributed by atoms with E-state index in [1.807, 2.05) is 34.0 Å². The first-order chi connectivity index (χ1) is 12.3. The second-order valence-electron chi connectivity index (χ2n) is 7.15. The third-order valence-electron chi connectivity index (χ3n) is 5.28. The zero-order chi connectivity index (χ0) is 17.1. The molecular formula is C18H25N5O2. The van der Waals surface area contributed by atoms with Crippen molar-refractivity contribution in [3.8, 4) is 0 Å². The summed E-state index contributed by atoms with van der Waals surface area (Å²) in [5.74, 6) is 0.903. The summed E-state index contributed by atoms with van der Waals surface area (Å²) < 4.78 is 9.53. The average Bonchev–Trinajstić information content (AvgIpc) is 3.31. The van der Waals surface area contributed by atoms with Crippen molar-refractivity contribution < 1.29 is 9.53 Å². The Labute approximate surface area is 147 Å². The molecule has 1 saturated heterocycles. The topological polar surface area (TPSA) is 74.0 Å². The second kappa shape index (κ2) is 7.39. The molecule has 4 rings (SSSR count). The molecule has 1 aliphatic carbocycles. The normalized spacial score (nSPS) is 23.5. The maximum absolute atomic E-state index is 12.5. The highest BCUT2D eigenvalue weighted by molar-refractivity contribution is 5.81. The summed E-state index contributed by atoms with van der Waals surface area (Å²) >= 11 is 0. The molecule has 3 heterocycles. The maximum Gasteiger partial charge on any atom is 0.249 e. The van der Waals surface area contributed by atoms with Gasteiger partial charge in [-0.2, -0.15) is 10.2 Å². The van der Waals surface area contributed by atoms with Gasteiger partial charge in [-0.1, -0.05) is 6.42 Å². The van der Waals surface area contributed by atoms with Crippen molar-refractivity contribution in [2.45, 2.75) is 51.4 Å². The number of hydrogen-bond donors (Lipinski definition) is 1. The minimum absolute atomic E-state index is 0.0404. The van der Waals surface area contributed by atoms with Crippen LogP contribution in [0.3, 0.4) is 0 Å². The van der Waals surface area contributed by atoms with Crippen molar-refractivity contribution >= 4 is 5.91 Å². The molecule has 2 aromatic rings. The molecule has 1 amide bonds. The van der Waals surface area contributed by atoms with E-state index >= 15 is 0 Å². The molecule has 2 aromatic heterocycles. The number of aromatic nitrogens is 4. The van der Waals surface area contributed by atoms with E-state index in [1.54, 1.807) is 6.20 Å². The number of carbonyl (C=O) groups excluding carboxylic acids is 1. The molecule has 0 unspecified atom stereocenters. The summed E-state index contributed by atoms with van der Waals surface area (Å²) in [6.07, 6.45) is 12.0. The predicted octanol–water partition coefficient (Wildman–Crippen LogP) is 1.60. The third kappa shape index (κ3) is 3.92. The summed E-state index contributed by atoms with van der Waals surface area (Å²) in [7, 11) is 0. The van der Waals surface area contributed by atoms with Gasteiger partial charge in [0.2, 0.25) is 5.91 Å². The van der Waals surface area contributed by atoms with Gasteiger partial charge in [0.05, 0.1) is 6.20 Å². The number of carbonyl (C=O) groups is 1. The van der Waals surface area contributed by atoms with E-state index < -0.39 is 6.10 Å². The van der Waals surface area contributed by atoms with Crippen LogP contribution >= 0.6 is 0 Å². The van der Waals surface area contributed by atoms with Gasteiger partial charge in [0.1, 0.15) is 6.10 Å². The van der Waals surface area contributed by atoms with E-state index in [0.717, 1.165) is 24.4 Å². The van der Waals surface area contributed by atoms with Crippen molar-refractivity contribution in [2.24, 2.45) is 11.8 Å². The van der Waals surface area contributed by atoms with E-state index in [4.69, 9.17) is 4.74 Å². The molecular weight excluding hydrogens is 318 g/mol. The second-order valence-corrected chi connectivity index (χ2v) is 7.15. The third-order valence-corrected chi connectivity index (χ3v) is 5.28. The Hall–Kier alpha value is -2.15. The van der Waals surface area contributed by atoms with Gasteiger partial charge in [-0.3, -0.25) is 14.2 Å². The van der Waals surface area contributed by atoms with Gasteiger partial charge in [-0.05, 0) is 31.2 Å². The van der Waals surface area contributed by atoms with Crippen LogP contribution in [-0.4, -0.2) is 38.2 Å². The molecule has 25 heavy (non-hydrogen) atoms. The van der Waals surface area contributed by atoms with Crippen LogP contribution in [0.2, 0.25) is 0 Å². The van der Waals surface area contributed by atoms with Crippen LogP contribution in [-0.2, 0) is 29.2 Å². The highest BCUT2D eigenvalue weighted by atomic mass is 16.5. The molecule has 0 spiro atoms. The number of hydrogen-bond acceptors (Lipinski definition) is 4. The maximum atomic E-state index is 12.5. The fourth-order valence-electron chi connectivity index (χ4n) is 3.59. The summed E-state index contributed by atoms with van der Waals surface area (Å²) in [4.78, 5) is 12.5. The Balaban J connectivity index is 1.27. The quantitative estimate of drug-likeness (QED) is 0.829. The Morgan fingerprint density at radius 3 is 2.92 bits per heavy atom. The van der Waals surface area contributed by atoms with Crippen molar-refractivity contribution in [2.75, 3.05) is 6.61 Å². The largest absolute Gasteiger partial charge is 0.368 e. The fourth-order valence-corrected chi connectivity index (χ4v) is 3.59. The van der Waals surface area contributed by atoms with E-state index in [-0.39, 0.29) is 11.8 Å². The molecule has 1 saturated carbocycles. The van der Waals surface area contributed by atoms with Gasteiger partial charge in [0.25, 0.3) is 0 Å². The number of amides is 1. The zero-order valence-electron chi connectivity index (χ0n) is 14.4. The Kier molecular flexibility index (Phi) is 4.83. The molecule has 134 valence electrons. The van der Waals surface area contributed by atoms with E-state index in [9.17, 15) is 4.79 Å². The van der Waals surface area contributed by atoms with Gasteiger partial charge in [0, 0.05) is 56.3 Å². The first-order valence-corrected chi connectivity index (χ1v) is 9.16. The van der Waals surface area contributed by atoms with Crippen molar-refractivity contribution in [3.63, 3.8) is 0 Å². The molecule has 0 bridgehead atoms. The Bertz CT molecular complexity index is 692. The number of rotatable bonds is 7. The van der Waals surface area contributed by atoms with Crippen LogP contribution < -0.4 is 5.32 Å². The molecule has 2 aliphatic rings. The van der Waals surface area contributed by atoms with Gasteiger partial charge in [-0.15, -0.1) is 0 Å². The first kappa shape index (κ1) is 16.3. The highest BCUT2D eigenvalue weighted by Gasteiger charge is 2.34. The molecule has 7 nitrogen and oxygen atoms in total. The standard InChI is InChI=1S/C18H25N5O2/c24-18(17-16(5-8-25-17)13-22-7-2-6-20-22)19-9-15-10-21-23(12-15)11-14-3-1-4-14/h2,6-7,10,12,14,16-17H,1,3-5,8-9,11,13H2,(H,19,24)/t16-,17-/m0/s1. The number of ether oxygens (including phenoxy) is 1. The molecule has 1 N–H and O–H groups in total. The lowest BCUT2D eigenvalue weighted by molar-refractivity contribution is -0.132. The molecule has 0 aromatic carbocycles. The van der Waals surface area contributed by atoms with E-state index in [0.29, 0.717) is 19.7 Å². The van der Waals surface area contributed by atoms with E-state index in [1.165, 1.54) is 19.3 Å². The van der Waals surface area contributed by atoms with Crippen molar-refractivity contribution in [1.29, 1.82) is 0 Å². The molecule has 0 radical (unpaired) electrons. The van der Waals surface area contributed by atoms with Crippen LogP contribution in [0.1, 0.15) is 31.2 Å². The molecule has 2 atom stereocenters. The lowest BCUT2D eigenvalue weighted by Gasteiger charge is -2.24. The number of nitrogens with zero attached hydrogens (tertiary/aromatic N) is 4. The fraction of sp³-hybridized carbons (Fsp3) is 0.611. The lowest BCUT2D eigenvalue weighted by atomic mass is 9.85. The minimum atomic E-state index is -0.394. The summed E-state index contributed by atoms with van der Waals surface area (Å²) in [6.45, 7) is 2.83. The van der Waals surface area contributed by atoms with Crippen LogP contribution in [0.5, 0.6) is 0 Å². The zero-order valence-corrected chi connectivity index (χ0v) is 14.4. The van der Waals surface area contributed by atoms with Gasteiger partial charge in [0.15, 0.2) is 0 Å². The molecule has 7 heteroatoms. The van der Waals surface area contributed by atoms with Crippen LogP contribution in [0, 0.1) is 11.8 Å². The summed E-state index contributed by atoms with van der Waals surface area (Å²) in [5, 5.41) is 11.6. The summed E-state index contributed by atoms with van der Waals surface area (Å²) in [5.41, 5.74) is 1.04. The Morgan fingerprint density at radius 2 is 2.16 bits per heavy atom. The van der Waals surface area contributed by atoms with Crippen LogP contribution in [0.4, 0.5) is 0 Å². The first-order valence-electron chi connectivity index (χ1n) is 9.16. The molecule has 1 aliphatic heterocycles. The van der Waals surface area contributed by atoms with Gasteiger partial charge < -0.3 is 10.1 Å². The van der Waals surface area contributed by atoms with Gasteiger partial charge in [-0.25, -0.2) is 0 Å². The van der Waals surface area contributed by atoms with Crippen molar-refractivity contribution in [1.82, 2.24) is 24.9 Å².